The first kappa shape index (κ1) is 27.4. The van der Waals surface area contributed by atoms with Crippen molar-refractivity contribution < 1.29 is 27.9 Å². The molecule has 8 heteroatoms. The first-order valence-corrected chi connectivity index (χ1v) is 11.2. The van der Waals surface area contributed by atoms with Crippen molar-refractivity contribution in [1.29, 1.82) is 0 Å². The number of oxime groups is 1. The van der Waals surface area contributed by atoms with Gasteiger partial charge in [-0.15, -0.1) is 0 Å². The molecule has 0 spiro atoms. The summed E-state index contributed by atoms with van der Waals surface area (Å²) in [6.45, 7) is 9.68. The van der Waals surface area contributed by atoms with Crippen molar-refractivity contribution in [3.63, 3.8) is 0 Å². The molecule has 0 bridgehead atoms. The van der Waals surface area contributed by atoms with Gasteiger partial charge in [0.05, 0.1) is 11.3 Å². The van der Waals surface area contributed by atoms with Crippen molar-refractivity contribution in [3.8, 4) is 0 Å². The van der Waals surface area contributed by atoms with Crippen LogP contribution >= 0.6 is 0 Å². The van der Waals surface area contributed by atoms with E-state index in [2.05, 4.69) is 10.5 Å². The highest BCUT2D eigenvalue weighted by Crippen LogP contribution is 2.34. The average molecular weight is 479 g/mol. The highest BCUT2D eigenvalue weighted by Gasteiger charge is 2.33. The van der Waals surface area contributed by atoms with Gasteiger partial charge in [0.1, 0.15) is 12.6 Å². The van der Waals surface area contributed by atoms with Crippen LogP contribution in [0.1, 0.15) is 68.9 Å². The Bertz CT molecular complexity index is 994. The topological polar surface area (TPSA) is 70.9 Å². The number of halogens is 3. The van der Waals surface area contributed by atoms with Gasteiger partial charge in [0, 0.05) is 6.54 Å². The fourth-order valence-electron chi connectivity index (χ4n) is 3.18. The molecule has 2 aromatic rings. The monoisotopic (exact) mass is 478 g/mol. The third kappa shape index (κ3) is 8.82. The fraction of sp³-hybridized carbons (Fsp3) is 0.462. The minimum atomic E-state index is -4.43. The van der Waals surface area contributed by atoms with Gasteiger partial charge >= 0.3 is 12.1 Å². The van der Waals surface area contributed by atoms with Gasteiger partial charge in [-0.05, 0) is 60.4 Å². The zero-order valence-corrected chi connectivity index (χ0v) is 20.3. The van der Waals surface area contributed by atoms with Crippen LogP contribution in [0.25, 0.3) is 0 Å². The number of aryl methyl sites for hydroxylation is 1. The number of carboxylic acid groups (broad SMARTS) is 1. The van der Waals surface area contributed by atoms with Crippen LogP contribution in [-0.4, -0.2) is 22.8 Å². The number of aliphatic carboxylic acids is 1. The molecule has 1 unspecified atom stereocenters. The Balaban J connectivity index is 2.01. The molecule has 2 aromatic carbocycles. The third-order valence-electron chi connectivity index (χ3n) is 5.41. The van der Waals surface area contributed by atoms with Crippen molar-refractivity contribution >= 4 is 11.7 Å². The van der Waals surface area contributed by atoms with Gasteiger partial charge in [0.15, 0.2) is 0 Å². The molecule has 0 heterocycles. The molecule has 2 rings (SSSR count). The van der Waals surface area contributed by atoms with Crippen molar-refractivity contribution in [2.75, 3.05) is 0 Å². The van der Waals surface area contributed by atoms with E-state index in [1.54, 1.807) is 19.9 Å². The molecule has 0 saturated heterocycles. The molecule has 0 aliphatic rings. The van der Waals surface area contributed by atoms with Gasteiger partial charge in [-0.1, -0.05) is 62.3 Å². The maximum absolute atomic E-state index is 13.6. The Morgan fingerprint density at radius 3 is 2.26 bits per heavy atom. The maximum atomic E-state index is 13.6. The van der Waals surface area contributed by atoms with E-state index in [-0.39, 0.29) is 17.6 Å². The van der Waals surface area contributed by atoms with E-state index in [0.717, 1.165) is 17.2 Å². The van der Waals surface area contributed by atoms with E-state index < -0.39 is 23.8 Å². The molecular formula is C26H33F3N2O3. The van der Waals surface area contributed by atoms with Gasteiger partial charge in [0.25, 0.3) is 0 Å². The van der Waals surface area contributed by atoms with E-state index in [1.807, 2.05) is 45.0 Å². The van der Waals surface area contributed by atoms with Crippen LogP contribution in [0, 0.1) is 5.41 Å². The first-order chi connectivity index (χ1) is 15.8. The first-order valence-electron chi connectivity index (χ1n) is 11.2. The van der Waals surface area contributed by atoms with Crippen molar-refractivity contribution in [3.05, 3.63) is 70.3 Å². The van der Waals surface area contributed by atoms with Crippen LogP contribution in [0.15, 0.2) is 47.6 Å². The summed E-state index contributed by atoms with van der Waals surface area (Å²) in [5.41, 5.74) is 2.30. The Morgan fingerprint density at radius 2 is 1.71 bits per heavy atom. The number of alkyl halides is 3. The van der Waals surface area contributed by atoms with E-state index >= 15 is 0 Å². The Morgan fingerprint density at radius 1 is 1.09 bits per heavy atom. The summed E-state index contributed by atoms with van der Waals surface area (Å²) in [7, 11) is 0. The predicted octanol–water partition coefficient (Wildman–Crippen LogP) is 6.19. The molecule has 0 fully saturated rings. The summed E-state index contributed by atoms with van der Waals surface area (Å²) in [6, 6.07) is 11.0. The number of nitrogens with zero attached hydrogens (tertiary/aromatic N) is 1. The maximum Gasteiger partial charge on any atom is 0.416 e. The molecule has 0 aliphatic carbocycles. The Hall–Kier alpha value is -2.87. The second kappa shape index (κ2) is 11.5. The van der Waals surface area contributed by atoms with E-state index in [0.29, 0.717) is 30.7 Å². The molecule has 0 radical (unpaired) electrons. The third-order valence-corrected chi connectivity index (χ3v) is 5.41. The Labute approximate surface area is 199 Å². The number of nitrogens with one attached hydrogen (secondary N) is 1. The minimum absolute atomic E-state index is 0.0531. The summed E-state index contributed by atoms with van der Waals surface area (Å²) >= 11 is 0. The number of rotatable bonds is 10. The van der Waals surface area contributed by atoms with Crippen molar-refractivity contribution in [2.24, 2.45) is 10.6 Å². The normalized spacial score (nSPS) is 13.6. The average Bonchev–Trinajstić information content (AvgIpc) is 2.75. The van der Waals surface area contributed by atoms with Crippen LogP contribution < -0.4 is 5.32 Å². The van der Waals surface area contributed by atoms with Crippen LogP contribution in [0.4, 0.5) is 13.2 Å². The molecule has 0 amide bonds. The van der Waals surface area contributed by atoms with Crippen LogP contribution in [0.3, 0.4) is 0 Å². The van der Waals surface area contributed by atoms with Crippen LogP contribution in [-0.2, 0) is 35.4 Å². The smallest absolute Gasteiger partial charge is 0.416 e. The highest BCUT2D eigenvalue weighted by atomic mass is 19.4. The number of carbonyl (C=O) groups is 1. The van der Waals surface area contributed by atoms with Gasteiger partial charge < -0.3 is 15.3 Å². The molecule has 186 valence electrons. The molecule has 0 saturated carbocycles. The minimum Gasteiger partial charge on any atom is -0.480 e. The molecule has 0 aliphatic heterocycles. The summed E-state index contributed by atoms with van der Waals surface area (Å²) < 4.78 is 40.8. The van der Waals surface area contributed by atoms with Gasteiger partial charge in [-0.3, -0.25) is 4.79 Å². The van der Waals surface area contributed by atoms with E-state index in [4.69, 9.17) is 9.94 Å². The number of hydrogen-bond acceptors (Lipinski definition) is 4. The quantitative estimate of drug-likeness (QED) is 0.316. The zero-order valence-electron chi connectivity index (χ0n) is 20.3. The lowest BCUT2D eigenvalue weighted by Crippen LogP contribution is -2.33. The molecule has 1 atom stereocenters. The number of hydrogen-bond donors (Lipinski definition) is 2. The molecule has 2 N–H and O–H groups in total. The SMILES string of the molecule is CC(=NOCc1ccc(CCC(C)(C)C)c(C(F)(F)F)c1)c1ccc(CNC(C)C(=O)O)cc1. The van der Waals surface area contributed by atoms with E-state index in [1.165, 1.54) is 6.07 Å². The summed E-state index contributed by atoms with van der Waals surface area (Å²) in [6.07, 6.45) is -3.42. The van der Waals surface area contributed by atoms with Gasteiger partial charge in [-0.25, -0.2) is 0 Å². The molecular weight excluding hydrogens is 445 g/mol. The largest absolute Gasteiger partial charge is 0.480 e. The highest BCUT2D eigenvalue weighted by molar-refractivity contribution is 5.98. The molecule has 5 nitrogen and oxygen atoms in total. The molecule has 0 aromatic heterocycles. The molecule has 34 heavy (non-hydrogen) atoms. The van der Waals surface area contributed by atoms with Crippen molar-refractivity contribution in [1.82, 2.24) is 5.32 Å². The number of benzene rings is 2. The summed E-state index contributed by atoms with van der Waals surface area (Å²) in [5.74, 6) is -0.918. The standard InChI is InChI=1S/C26H33F3N2O3/c1-17(21-9-6-19(7-10-21)15-30-18(2)24(32)33)31-34-16-20-8-11-22(12-13-25(3,4)5)23(14-20)26(27,28)29/h6-11,14,18,30H,12-13,15-16H2,1-5H3,(H,32,33). The number of carboxylic acids is 1. The summed E-state index contributed by atoms with van der Waals surface area (Å²) in [5, 5.41) is 15.9. The fourth-order valence-corrected chi connectivity index (χ4v) is 3.18. The van der Waals surface area contributed by atoms with Crippen molar-refractivity contribution in [2.45, 2.75) is 72.8 Å². The second-order valence-corrected chi connectivity index (χ2v) is 9.64. The summed E-state index contributed by atoms with van der Waals surface area (Å²) in [4.78, 5) is 16.2. The van der Waals surface area contributed by atoms with E-state index in [9.17, 15) is 18.0 Å². The second-order valence-electron chi connectivity index (χ2n) is 9.64. The van der Waals surface area contributed by atoms with Gasteiger partial charge in [-0.2, -0.15) is 13.2 Å². The lowest BCUT2D eigenvalue weighted by molar-refractivity contribution is -0.139. The Kier molecular flexibility index (Phi) is 9.27. The predicted molar refractivity (Wildman–Crippen MR) is 127 cm³/mol. The zero-order chi connectivity index (χ0) is 25.5. The van der Waals surface area contributed by atoms with Crippen LogP contribution in [0.2, 0.25) is 0 Å². The lowest BCUT2D eigenvalue weighted by atomic mass is 9.87. The van der Waals surface area contributed by atoms with Crippen LogP contribution in [0.5, 0.6) is 0 Å². The van der Waals surface area contributed by atoms with Gasteiger partial charge in [0.2, 0.25) is 0 Å². The lowest BCUT2D eigenvalue weighted by Gasteiger charge is -2.20.